The predicted molar refractivity (Wildman–Crippen MR) is 137 cm³/mol. The molecule has 0 aliphatic carbocycles. The maximum absolute atomic E-state index is 14.0. The van der Waals surface area contributed by atoms with Crippen molar-refractivity contribution in [3.63, 3.8) is 0 Å². The lowest BCUT2D eigenvalue weighted by molar-refractivity contribution is -0.154. The number of rotatable bonds is 10. The van der Waals surface area contributed by atoms with E-state index >= 15 is 0 Å². The van der Waals surface area contributed by atoms with Gasteiger partial charge < -0.3 is 20.1 Å². The van der Waals surface area contributed by atoms with E-state index in [2.05, 4.69) is 12.2 Å². The first-order chi connectivity index (χ1) is 16.8. The van der Waals surface area contributed by atoms with Gasteiger partial charge in [-0.05, 0) is 63.1 Å². The van der Waals surface area contributed by atoms with Crippen molar-refractivity contribution in [2.45, 2.75) is 75.8 Å². The zero-order valence-electron chi connectivity index (χ0n) is 21.2. The fourth-order valence-electron chi connectivity index (χ4n) is 6.39. The Bertz CT molecular complexity index is 984. The maximum Gasteiger partial charge on any atom is 0.310 e. The van der Waals surface area contributed by atoms with Crippen molar-refractivity contribution in [3.05, 3.63) is 29.3 Å². The molecule has 0 radical (unpaired) electrons. The van der Waals surface area contributed by atoms with Crippen molar-refractivity contribution in [1.29, 1.82) is 0 Å². The van der Waals surface area contributed by atoms with Gasteiger partial charge in [0.15, 0.2) is 0 Å². The van der Waals surface area contributed by atoms with Gasteiger partial charge in [-0.3, -0.25) is 14.4 Å². The zero-order chi connectivity index (χ0) is 25.3. The molecule has 192 valence electrons. The van der Waals surface area contributed by atoms with Gasteiger partial charge >= 0.3 is 5.97 Å². The summed E-state index contributed by atoms with van der Waals surface area (Å²) in [5.74, 6) is -1.48. The second kappa shape index (κ2) is 10.5. The number of carbonyl (C=O) groups excluding carboxylic acids is 3. The van der Waals surface area contributed by atoms with Crippen molar-refractivity contribution >= 4 is 35.2 Å². The van der Waals surface area contributed by atoms with E-state index in [-0.39, 0.29) is 42.2 Å². The number of amides is 2. The third-order valence-electron chi connectivity index (χ3n) is 8.01. The summed E-state index contributed by atoms with van der Waals surface area (Å²) in [6.07, 6.45) is 4.05. The van der Waals surface area contributed by atoms with Crippen LogP contribution in [0, 0.1) is 31.6 Å². The van der Waals surface area contributed by atoms with Crippen LogP contribution in [0.25, 0.3) is 0 Å². The van der Waals surface area contributed by atoms with Crippen LogP contribution in [-0.2, 0) is 19.1 Å². The molecule has 1 aromatic carbocycles. The third-order valence-corrected chi connectivity index (χ3v) is 10.1. The minimum absolute atomic E-state index is 0.000657. The normalized spacial score (nSPS) is 31.1. The molecule has 0 saturated carbocycles. The van der Waals surface area contributed by atoms with Gasteiger partial charge in [-0.25, -0.2) is 0 Å². The number of likely N-dealkylation sites (tertiary alicyclic amines) is 1. The van der Waals surface area contributed by atoms with Crippen LogP contribution in [0.2, 0.25) is 0 Å². The summed E-state index contributed by atoms with van der Waals surface area (Å²) in [5, 5.41) is 12.2. The molecule has 1 aromatic rings. The van der Waals surface area contributed by atoms with Gasteiger partial charge in [-0.2, -0.15) is 0 Å². The van der Waals surface area contributed by atoms with Gasteiger partial charge in [-0.1, -0.05) is 31.9 Å². The number of hydrogen-bond donors (Lipinski definition) is 2. The van der Waals surface area contributed by atoms with E-state index in [1.165, 1.54) is 0 Å². The third kappa shape index (κ3) is 4.48. The highest BCUT2D eigenvalue weighted by atomic mass is 32.2. The Morgan fingerprint density at radius 2 is 1.97 bits per heavy atom. The Morgan fingerprint density at radius 1 is 1.23 bits per heavy atom. The summed E-state index contributed by atoms with van der Waals surface area (Å²) in [4.78, 5) is 42.6. The first-order valence-corrected chi connectivity index (χ1v) is 13.8. The molecule has 3 aliphatic rings. The average molecular weight is 503 g/mol. The maximum atomic E-state index is 14.0. The fraction of sp³-hybridized carbons (Fsp3) is 0.667. The van der Waals surface area contributed by atoms with Crippen molar-refractivity contribution in [3.8, 4) is 0 Å². The number of thioether (sulfide) groups is 1. The zero-order valence-corrected chi connectivity index (χ0v) is 22.0. The molecule has 4 rings (SSSR count). The molecule has 2 amide bonds. The number of carbonyl (C=O) groups is 3. The smallest absolute Gasteiger partial charge is 0.310 e. The average Bonchev–Trinajstić information content (AvgIpc) is 3.40. The van der Waals surface area contributed by atoms with Crippen LogP contribution >= 0.6 is 11.8 Å². The van der Waals surface area contributed by atoms with Crippen LogP contribution in [0.4, 0.5) is 5.69 Å². The second-order valence-corrected chi connectivity index (χ2v) is 11.8. The number of aryl methyl sites for hydroxylation is 2. The molecule has 2 bridgehead atoms. The number of unbranched alkanes of at least 4 members (excludes halogenated alkanes) is 3. The molecule has 35 heavy (non-hydrogen) atoms. The van der Waals surface area contributed by atoms with Crippen LogP contribution in [-0.4, -0.2) is 63.6 Å². The Kier molecular flexibility index (Phi) is 7.81. The molecule has 2 N–H and O–H groups in total. The number of anilines is 1. The number of nitrogens with one attached hydrogen (secondary N) is 1. The van der Waals surface area contributed by atoms with Gasteiger partial charge in [0.1, 0.15) is 6.04 Å². The number of aliphatic hydroxyl groups is 1. The van der Waals surface area contributed by atoms with E-state index in [9.17, 15) is 14.4 Å². The summed E-state index contributed by atoms with van der Waals surface area (Å²) in [6, 6.07) is 5.32. The fourth-order valence-corrected chi connectivity index (χ4v) is 8.80. The molecule has 3 aliphatic heterocycles. The number of nitrogens with zero attached hydrogens (tertiary/aromatic N) is 1. The highest BCUT2D eigenvalue weighted by molar-refractivity contribution is 8.02. The van der Waals surface area contributed by atoms with Crippen LogP contribution in [0.15, 0.2) is 18.2 Å². The summed E-state index contributed by atoms with van der Waals surface area (Å²) in [7, 11) is 0. The monoisotopic (exact) mass is 502 g/mol. The first-order valence-electron chi connectivity index (χ1n) is 12.9. The first kappa shape index (κ1) is 26.0. The Labute approximate surface area is 212 Å². The number of benzene rings is 1. The van der Waals surface area contributed by atoms with Gasteiger partial charge in [0.05, 0.1) is 23.2 Å². The SMILES string of the molecule is CCOC(=O)[C@@H]1[C@@H]2CC(C)C3(S2)C(C(=O)Nc2cc(C)ccc2C)N(CCCCCCO)C(=O)[C@H]13. The van der Waals surface area contributed by atoms with Crippen LogP contribution in [0.5, 0.6) is 0 Å². The minimum Gasteiger partial charge on any atom is -0.466 e. The summed E-state index contributed by atoms with van der Waals surface area (Å²) < 4.78 is 4.77. The van der Waals surface area contributed by atoms with Crippen molar-refractivity contribution in [2.24, 2.45) is 17.8 Å². The lowest BCUT2D eigenvalue weighted by Crippen LogP contribution is -2.54. The molecule has 3 saturated heterocycles. The topological polar surface area (TPSA) is 95.9 Å². The van der Waals surface area contributed by atoms with E-state index < -0.39 is 22.6 Å². The number of fused-ring (bicyclic) bond motifs is 1. The van der Waals surface area contributed by atoms with E-state index in [1.807, 2.05) is 32.0 Å². The van der Waals surface area contributed by atoms with Gasteiger partial charge in [0.2, 0.25) is 11.8 Å². The van der Waals surface area contributed by atoms with E-state index in [1.54, 1.807) is 23.6 Å². The van der Waals surface area contributed by atoms with Crippen LogP contribution in [0.1, 0.15) is 57.1 Å². The molecule has 7 nitrogen and oxygen atoms in total. The standard InChI is InChI=1S/C27H38N2O5S/c1-5-34-26(33)21-20-15-18(4)27(35-20)22(21)25(32)29(12-8-6-7-9-13-30)23(27)24(31)28-19-14-16(2)10-11-17(19)3/h10-11,14,18,20-23,30H,5-9,12-13,15H2,1-4H3,(H,28,31)/t18?,20-,21+,22-,23?,27?/m0/s1. The molecule has 3 unspecified atom stereocenters. The van der Waals surface area contributed by atoms with E-state index in [0.717, 1.165) is 48.9 Å². The molecule has 3 heterocycles. The Hall–Kier alpha value is -2.06. The highest BCUT2D eigenvalue weighted by Crippen LogP contribution is 2.68. The molecule has 8 heteroatoms. The molecule has 6 atom stereocenters. The Morgan fingerprint density at radius 3 is 2.69 bits per heavy atom. The number of aliphatic hydroxyl groups excluding tert-OH is 1. The summed E-state index contributed by atoms with van der Waals surface area (Å²) in [6.45, 7) is 8.77. The Balaban J connectivity index is 1.67. The number of ether oxygens (including phenoxy) is 1. The molecule has 1 spiro atoms. The van der Waals surface area contributed by atoms with Crippen molar-refractivity contribution in [2.75, 3.05) is 25.1 Å². The molecule has 0 aromatic heterocycles. The van der Waals surface area contributed by atoms with Crippen LogP contribution < -0.4 is 5.32 Å². The lowest BCUT2D eigenvalue weighted by Gasteiger charge is -2.38. The van der Waals surface area contributed by atoms with E-state index in [0.29, 0.717) is 6.54 Å². The van der Waals surface area contributed by atoms with Gasteiger partial charge in [0.25, 0.3) is 0 Å². The number of hydrogen-bond acceptors (Lipinski definition) is 6. The molecule has 3 fully saturated rings. The quantitative estimate of drug-likeness (QED) is 0.374. The minimum atomic E-state index is -0.637. The summed E-state index contributed by atoms with van der Waals surface area (Å²) >= 11 is 1.67. The predicted octanol–water partition coefficient (Wildman–Crippen LogP) is 3.69. The van der Waals surface area contributed by atoms with Gasteiger partial charge in [0, 0.05) is 24.1 Å². The lowest BCUT2D eigenvalue weighted by atomic mass is 9.66. The molecular formula is C27H38N2O5S. The second-order valence-electron chi connectivity index (χ2n) is 10.3. The van der Waals surface area contributed by atoms with Crippen molar-refractivity contribution < 1.29 is 24.2 Å². The highest BCUT2D eigenvalue weighted by Gasteiger charge is 2.76. The summed E-state index contributed by atoms with van der Waals surface area (Å²) in [5.41, 5.74) is 2.79. The van der Waals surface area contributed by atoms with E-state index in [4.69, 9.17) is 9.84 Å². The van der Waals surface area contributed by atoms with Crippen molar-refractivity contribution in [1.82, 2.24) is 4.90 Å². The van der Waals surface area contributed by atoms with Gasteiger partial charge in [-0.15, -0.1) is 11.8 Å². The largest absolute Gasteiger partial charge is 0.466 e. The number of esters is 1. The van der Waals surface area contributed by atoms with Crippen LogP contribution in [0.3, 0.4) is 0 Å². The molecular weight excluding hydrogens is 464 g/mol.